The van der Waals surface area contributed by atoms with Crippen LogP contribution < -0.4 is 0 Å². The number of unbranched alkanes of at least 4 members (excludes halogenated alkanes) is 6. The highest BCUT2D eigenvalue weighted by Crippen LogP contribution is 2.10. The molecule has 24 heavy (non-hydrogen) atoms. The lowest BCUT2D eigenvalue weighted by atomic mass is 10.0. The number of amides is 1. The lowest BCUT2D eigenvalue weighted by Gasteiger charge is -2.28. The first-order valence-corrected chi connectivity index (χ1v) is 8.92. The number of carbonyl (C=O) groups is 1. The van der Waals surface area contributed by atoms with E-state index in [0.29, 0.717) is 6.42 Å². The van der Waals surface area contributed by atoms with Gasteiger partial charge in [-0.3, -0.25) is 4.79 Å². The van der Waals surface area contributed by atoms with Crippen LogP contribution in [0.3, 0.4) is 0 Å². The van der Waals surface area contributed by atoms with E-state index < -0.39 is 31.0 Å². The van der Waals surface area contributed by atoms with Crippen molar-refractivity contribution in [1.29, 1.82) is 0 Å². The summed E-state index contributed by atoms with van der Waals surface area (Å²) in [5, 5.41) is 47.1. The number of carbonyl (C=O) groups excluding carboxylic acids is 1. The van der Waals surface area contributed by atoms with Crippen LogP contribution in [0.5, 0.6) is 0 Å². The minimum atomic E-state index is -1.67. The molecule has 7 nitrogen and oxygen atoms in total. The maximum absolute atomic E-state index is 12.0. The Balaban J connectivity index is 3.99. The van der Waals surface area contributed by atoms with Crippen molar-refractivity contribution < 1.29 is 30.3 Å². The minimum Gasteiger partial charge on any atom is -0.394 e. The van der Waals surface area contributed by atoms with Crippen LogP contribution in [0, 0.1) is 0 Å². The smallest absolute Gasteiger partial charge is 0.222 e. The predicted octanol–water partition coefficient (Wildman–Crippen LogP) is 0.0214. The molecule has 0 aromatic carbocycles. The number of hydrogen-bond acceptors (Lipinski definition) is 6. The van der Waals surface area contributed by atoms with Crippen molar-refractivity contribution >= 4 is 5.91 Å². The van der Waals surface area contributed by atoms with Crippen LogP contribution in [0.4, 0.5) is 0 Å². The van der Waals surface area contributed by atoms with E-state index in [-0.39, 0.29) is 12.5 Å². The maximum Gasteiger partial charge on any atom is 0.222 e. The number of hydrogen-bond donors (Lipinski definition) is 5. The van der Waals surface area contributed by atoms with Gasteiger partial charge in [-0.05, 0) is 6.42 Å². The molecule has 0 unspecified atom stereocenters. The number of rotatable bonds is 14. The van der Waals surface area contributed by atoms with Gasteiger partial charge in [0.15, 0.2) is 0 Å². The third-order valence-corrected chi connectivity index (χ3v) is 4.21. The second kappa shape index (κ2) is 13.5. The van der Waals surface area contributed by atoms with Crippen molar-refractivity contribution in [2.24, 2.45) is 0 Å². The van der Waals surface area contributed by atoms with Gasteiger partial charge in [0.1, 0.15) is 24.4 Å². The van der Waals surface area contributed by atoms with E-state index in [4.69, 9.17) is 5.11 Å². The Bertz CT molecular complexity index is 328. The molecule has 0 aliphatic rings. The molecule has 0 aliphatic carbocycles. The van der Waals surface area contributed by atoms with Crippen LogP contribution in [0.25, 0.3) is 0 Å². The van der Waals surface area contributed by atoms with Gasteiger partial charge in [0.2, 0.25) is 5.91 Å². The van der Waals surface area contributed by atoms with Crippen LogP contribution in [0.15, 0.2) is 0 Å². The third-order valence-electron chi connectivity index (χ3n) is 4.21. The van der Waals surface area contributed by atoms with Crippen LogP contribution in [0.2, 0.25) is 0 Å². The highest BCUT2D eigenvalue weighted by molar-refractivity contribution is 5.75. The number of aliphatic hydroxyl groups is 5. The van der Waals surface area contributed by atoms with Crippen molar-refractivity contribution in [3.05, 3.63) is 0 Å². The van der Waals surface area contributed by atoms with Crippen molar-refractivity contribution in [3.63, 3.8) is 0 Å². The number of aliphatic hydroxyl groups excluding tert-OH is 5. The Morgan fingerprint density at radius 1 is 0.875 bits per heavy atom. The van der Waals surface area contributed by atoms with Crippen LogP contribution in [0.1, 0.15) is 58.3 Å². The average Bonchev–Trinajstić information content (AvgIpc) is 2.58. The minimum absolute atomic E-state index is 0.132. The van der Waals surface area contributed by atoms with Crippen LogP contribution in [-0.4, -0.2) is 81.0 Å². The van der Waals surface area contributed by atoms with Gasteiger partial charge in [0, 0.05) is 20.0 Å². The Morgan fingerprint density at radius 2 is 1.38 bits per heavy atom. The van der Waals surface area contributed by atoms with Crippen LogP contribution in [-0.2, 0) is 4.79 Å². The Morgan fingerprint density at radius 3 is 1.92 bits per heavy atom. The number of likely N-dealkylation sites (N-methyl/N-ethyl adjacent to an activating group) is 1. The standard InChI is InChI=1S/C17H35NO6/c1-3-4-5-6-7-8-9-10-15(22)18(2)11-13(20)16(23)17(24)14(21)12-19/h13-14,16-17,19-21,23-24H,3-12H2,1-2H3/t13-,14+,16-,17+/m0/s1. The average molecular weight is 349 g/mol. The monoisotopic (exact) mass is 349 g/mol. The molecular formula is C17H35NO6. The summed E-state index contributed by atoms with van der Waals surface area (Å²) in [7, 11) is 1.52. The van der Waals surface area contributed by atoms with Gasteiger partial charge in [0.05, 0.1) is 6.61 Å². The van der Waals surface area contributed by atoms with Crippen molar-refractivity contribution in [1.82, 2.24) is 4.90 Å². The molecule has 5 N–H and O–H groups in total. The SMILES string of the molecule is CCCCCCCCCC(=O)N(C)C[C@H](O)[C@H](O)[C@H](O)[C@H](O)CO. The first-order valence-electron chi connectivity index (χ1n) is 8.92. The molecule has 0 aromatic rings. The summed E-state index contributed by atoms with van der Waals surface area (Å²) in [6.07, 6.45) is 1.92. The molecule has 0 heterocycles. The van der Waals surface area contributed by atoms with E-state index in [0.717, 1.165) is 19.3 Å². The topological polar surface area (TPSA) is 121 Å². The zero-order chi connectivity index (χ0) is 18.5. The first-order chi connectivity index (χ1) is 11.3. The molecule has 4 atom stereocenters. The van der Waals surface area contributed by atoms with E-state index in [1.807, 2.05) is 0 Å². The molecule has 0 saturated carbocycles. The number of nitrogens with zero attached hydrogens (tertiary/aromatic N) is 1. The molecule has 0 rings (SSSR count). The molecule has 0 aromatic heterocycles. The van der Waals surface area contributed by atoms with E-state index in [1.165, 1.54) is 37.6 Å². The van der Waals surface area contributed by atoms with Gasteiger partial charge in [-0.15, -0.1) is 0 Å². The van der Waals surface area contributed by atoms with Crippen LogP contribution >= 0.6 is 0 Å². The molecule has 0 radical (unpaired) electrons. The molecule has 7 heteroatoms. The Labute approximate surface area is 144 Å². The molecule has 0 spiro atoms. The summed E-state index contributed by atoms with van der Waals surface area (Å²) < 4.78 is 0. The third kappa shape index (κ3) is 9.54. The van der Waals surface area contributed by atoms with Gasteiger partial charge >= 0.3 is 0 Å². The van der Waals surface area contributed by atoms with Crippen molar-refractivity contribution in [2.75, 3.05) is 20.2 Å². The van der Waals surface area contributed by atoms with Gasteiger partial charge < -0.3 is 30.4 Å². The van der Waals surface area contributed by atoms with Crippen molar-refractivity contribution in [3.8, 4) is 0 Å². The Kier molecular flexibility index (Phi) is 13.1. The maximum atomic E-state index is 12.0. The van der Waals surface area contributed by atoms with Crippen molar-refractivity contribution in [2.45, 2.75) is 82.7 Å². The van der Waals surface area contributed by atoms with Gasteiger partial charge in [-0.2, -0.15) is 0 Å². The van der Waals surface area contributed by atoms with E-state index >= 15 is 0 Å². The summed E-state index contributed by atoms with van der Waals surface area (Å²) in [6, 6.07) is 0. The lowest BCUT2D eigenvalue weighted by molar-refractivity contribution is -0.138. The fraction of sp³-hybridized carbons (Fsp3) is 0.941. The van der Waals surface area contributed by atoms with Gasteiger partial charge in [-0.1, -0.05) is 45.4 Å². The highest BCUT2D eigenvalue weighted by Gasteiger charge is 2.31. The molecule has 0 saturated heterocycles. The molecule has 0 bridgehead atoms. The molecule has 0 aliphatic heterocycles. The molecule has 144 valence electrons. The Hall–Kier alpha value is -0.730. The van der Waals surface area contributed by atoms with E-state index in [9.17, 15) is 25.2 Å². The summed E-state index contributed by atoms with van der Waals surface area (Å²) in [5.74, 6) is -0.132. The fourth-order valence-electron chi connectivity index (χ4n) is 2.48. The lowest BCUT2D eigenvalue weighted by Crippen LogP contribution is -2.49. The predicted molar refractivity (Wildman–Crippen MR) is 91.4 cm³/mol. The molecular weight excluding hydrogens is 314 g/mol. The van der Waals surface area contributed by atoms with E-state index in [2.05, 4.69) is 6.92 Å². The first kappa shape index (κ1) is 23.3. The largest absolute Gasteiger partial charge is 0.394 e. The summed E-state index contributed by atoms with van der Waals surface area (Å²) in [5.41, 5.74) is 0. The molecule has 1 amide bonds. The zero-order valence-corrected chi connectivity index (χ0v) is 15.0. The summed E-state index contributed by atoms with van der Waals surface area (Å²) >= 11 is 0. The fourth-order valence-corrected chi connectivity index (χ4v) is 2.48. The normalized spacial score (nSPS) is 16.5. The summed E-state index contributed by atoms with van der Waals surface area (Å²) in [6.45, 7) is 1.30. The quantitative estimate of drug-likeness (QED) is 0.282. The zero-order valence-electron chi connectivity index (χ0n) is 15.0. The highest BCUT2D eigenvalue weighted by atomic mass is 16.4. The van der Waals surface area contributed by atoms with Gasteiger partial charge in [0.25, 0.3) is 0 Å². The molecule has 0 fully saturated rings. The second-order valence-corrected chi connectivity index (χ2v) is 6.44. The summed E-state index contributed by atoms with van der Waals surface area (Å²) in [4.78, 5) is 13.3. The van der Waals surface area contributed by atoms with E-state index in [1.54, 1.807) is 0 Å². The second-order valence-electron chi connectivity index (χ2n) is 6.44. The van der Waals surface area contributed by atoms with Gasteiger partial charge in [-0.25, -0.2) is 0 Å².